The van der Waals surface area contributed by atoms with Crippen molar-refractivity contribution in [1.82, 2.24) is 4.98 Å². The fourth-order valence-corrected chi connectivity index (χ4v) is 2.02. The SMILES string of the molecule is Cc1cc(NCC2(O)CCOCC2)ncc1[N+](=O)[O-]. The average molecular weight is 267 g/mol. The summed E-state index contributed by atoms with van der Waals surface area (Å²) >= 11 is 0. The Morgan fingerprint density at radius 1 is 1.58 bits per heavy atom. The molecule has 1 aromatic heterocycles. The molecule has 1 aliphatic rings. The average Bonchev–Trinajstić information content (AvgIpc) is 2.37. The molecule has 104 valence electrons. The van der Waals surface area contributed by atoms with Crippen LogP contribution in [-0.2, 0) is 4.74 Å². The van der Waals surface area contributed by atoms with Crippen LogP contribution >= 0.6 is 0 Å². The highest BCUT2D eigenvalue weighted by atomic mass is 16.6. The highest BCUT2D eigenvalue weighted by Gasteiger charge is 2.29. The van der Waals surface area contributed by atoms with E-state index in [9.17, 15) is 15.2 Å². The minimum Gasteiger partial charge on any atom is -0.388 e. The van der Waals surface area contributed by atoms with E-state index in [1.54, 1.807) is 13.0 Å². The summed E-state index contributed by atoms with van der Waals surface area (Å²) in [6.07, 6.45) is 2.38. The second kappa shape index (κ2) is 5.50. The number of anilines is 1. The fourth-order valence-electron chi connectivity index (χ4n) is 2.02. The lowest BCUT2D eigenvalue weighted by atomic mass is 9.94. The van der Waals surface area contributed by atoms with E-state index in [0.29, 0.717) is 44.0 Å². The first-order valence-electron chi connectivity index (χ1n) is 6.15. The van der Waals surface area contributed by atoms with Crippen molar-refractivity contribution in [2.75, 3.05) is 25.1 Å². The number of hydrogen-bond acceptors (Lipinski definition) is 6. The quantitative estimate of drug-likeness (QED) is 0.629. The molecule has 2 heterocycles. The summed E-state index contributed by atoms with van der Waals surface area (Å²) < 4.78 is 5.20. The van der Waals surface area contributed by atoms with E-state index in [0.717, 1.165) is 0 Å². The molecule has 1 saturated heterocycles. The summed E-state index contributed by atoms with van der Waals surface area (Å²) in [5.74, 6) is 0.531. The van der Waals surface area contributed by atoms with E-state index >= 15 is 0 Å². The maximum atomic E-state index is 10.7. The predicted octanol–water partition coefficient (Wildman–Crippen LogP) is 1.25. The molecule has 7 nitrogen and oxygen atoms in total. The van der Waals surface area contributed by atoms with E-state index in [4.69, 9.17) is 4.74 Å². The minimum atomic E-state index is -0.796. The number of aryl methyl sites for hydroxylation is 1. The van der Waals surface area contributed by atoms with Crippen LogP contribution in [0.15, 0.2) is 12.3 Å². The zero-order chi connectivity index (χ0) is 13.9. The summed E-state index contributed by atoms with van der Waals surface area (Å²) in [4.78, 5) is 14.2. The van der Waals surface area contributed by atoms with Gasteiger partial charge in [-0.2, -0.15) is 0 Å². The third-order valence-electron chi connectivity index (χ3n) is 3.30. The number of aromatic nitrogens is 1. The maximum absolute atomic E-state index is 10.7. The normalized spacial score (nSPS) is 18.0. The van der Waals surface area contributed by atoms with Gasteiger partial charge in [0.05, 0.1) is 10.5 Å². The number of nitro groups is 1. The van der Waals surface area contributed by atoms with Gasteiger partial charge in [0.25, 0.3) is 5.69 Å². The van der Waals surface area contributed by atoms with Crippen molar-refractivity contribution < 1.29 is 14.8 Å². The molecule has 0 saturated carbocycles. The van der Waals surface area contributed by atoms with Crippen LogP contribution in [0.25, 0.3) is 0 Å². The molecule has 0 amide bonds. The number of pyridine rings is 1. The summed E-state index contributed by atoms with van der Waals surface area (Å²) in [6, 6.07) is 1.61. The molecule has 0 unspecified atom stereocenters. The van der Waals surface area contributed by atoms with E-state index in [1.807, 2.05) is 0 Å². The topological polar surface area (TPSA) is 97.5 Å². The Labute approximate surface area is 110 Å². The third-order valence-corrected chi connectivity index (χ3v) is 3.30. The zero-order valence-electron chi connectivity index (χ0n) is 10.8. The van der Waals surface area contributed by atoms with Crippen molar-refractivity contribution in [3.05, 3.63) is 27.9 Å². The number of hydrogen-bond donors (Lipinski definition) is 2. The van der Waals surface area contributed by atoms with Gasteiger partial charge in [0.1, 0.15) is 12.0 Å². The van der Waals surface area contributed by atoms with E-state index < -0.39 is 10.5 Å². The van der Waals surface area contributed by atoms with Crippen molar-refractivity contribution in [2.24, 2.45) is 0 Å². The number of nitrogens with one attached hydrogen (secondary N) is 1. The van der Waals surface area contributed by atoms with Gasteiger partial charge in [0.15, 0.2) is 0 Å². The van der Waals surface area contributed by atoms with E-state index in [2.05, 4.69) is 10.3 Å². The summed E-state index contributed by atoms with van der Waals surface area (Å²) in [5.41, 5.74) is -0.257. The molecule has 0 spiro atoms. The molecule has 2 N–H and O–H groups in total. The Hall–Kier alpha value is -1.73. The smallest absolute Gasteiger partial charge is 0.290 e. The molecule has 0 atom stereocenters. The van der Waals surface area contributed by atoms with Crippen LogP contribution < -0.4 is 5.32 Å². The summed E-state index contributed by atoms with van der Waals surface area (Å²) in [7, 11) is 0. The summed E-state index contributed by atoms with van der Waals surface area (Å²) in [5, 5.41) is 24.0. The molecule has 0 aromatic carbocycles. The lowest BCUT2D eigenvalue weighted by Crippen LogP contribution is -2.42. The molecule has 0 bridgehead atoms. The Morgan fingerprint density at radius 2 is 2.26 bits per heavy atom. The second-order valence-corrected chi connectivity index (χ2v) is 4.80. The van der Waals surface area contributed by atoms with E-state index in [-0.39, 0.29) is 5.69 Å². The van der Waals surface area contributed by atoms with Gasteiger partial charge in [0.2, 0.25) is 0 Å². The Kier molecular flexibility index (Phi) is 3.96. The van der Waals surface area contributed by atoms with Crippen LogP contribution in [0, 0.1) is 17.0 Å². The summed E-state index contributed by atoms with van der Waals surface area (Å²) in [6.45, 7) is 3.12. The van der Waals surface area contributed by atoms with Crippen LogP contribution in [-0.4, -0.2) is 40.4 Å². The molecule has 19 heavy (non-hydrogen) atoms. The maximum Gasteiger partial charge on any atom is 0.290 e. The lowest BCUT2D eigenvalue weighted by molar-refractivity contribution is -0.385. The van der Waals surface area contributed by atoms with Crippen molar-refractivity contribution in [2.45, 2.75) is 25.4 Å². The number of aliphatic hydroxyl groups is 1. The first kappa shape index (κ1) is 13.7. The standard InChI is InChI=1S/C12H17N3O4/c1-9-6-11(13-7-10(9)15(17)18)14-8-12(16)2-4-19-5-3-12/h6-7,16H,2-5,8H2,1H3,(H,13,14). The Morgan fingerprint density at radius 3 is 2.84 bits per heavy atom. The number of ether oxygens (including phenoxy) is 1. The van der Waals surface area contributed by atoms with Gasteiger partial charge in [-0.05, 0) is 13.0 Å². The van der Waals surface area contributed by atoms with Gasteiger partial charge in [-0.25, -0.2) is 4.98 Å². The van der Waals surface area contributed by atoms with Crippen LogP contribution in [0.3, 0.4) is 0 Å². The molecule has 7 heteroatoms. The first-order valence-corrected chi connectivity index (χ1v) is 6.15. The minimum absolute atomic E-state index is 0.00433. The van der Waals surface area contributed by atoms with Crippen molar-refractivity contribution in [3.8, 4) is 0 Å². The van der Waals surface area contributed by atoms with Crippen LogP contribution in [0.5, 0.6) is 0 Å². The van der Waals surface area contributed by atoms with Gasteiger partial charge in [-0.15, -0.1) is 0 Å². The molecule has 0 radical (unpaired) electrons. The lowest BCUT2D eigenvalue weighted by Gasteiger charge is -2.32. The zero-order valence-corrected chi connectivity index (χ0v) is 10.8. The molecular weight excluding hydrogens is 250 g/mol. The van der Waals surface area contributed by atoms with Crippen LogP contribution in [0.2, 0.25) is 0 Å². The molecule has 1 aromatic rings. The first-order chi connectivity index (χ1) is 9.00. The van der Waals surface area contributed by atoms with Gasteiger partial charge >= 0.3 is 0 Å². The molecular formula is C12H17N3O4. The van der Waals surface area contributed by atoms with Gasteiger partial charge in [-0.3, -0.25) is 10.1 Å². The van der Waals surface area contributed by atoms with E-state index in [1.165, 1.54) is 6.20 Å². The fraction of sp³-hybridized carbons (Fsp3) is 0.583. The number of nitrogens with zero attached hydrogens (tertiary/aromatic N) is 2. The van der Waals surface area contributed by atoms with Gasteiger partial charge in [-0.1, -0.05) is 0 Å². The highest BCUT2D eigenvalue weighted by Crippen LogP contribution is 2.22. The Balaban J connectivity index is 2.00. The molecule has 1 aliphatic heterocycles. The van der Waals surface area contributed by atoms with Gasteiger partial charge < -0.3 is 15.2 Å². The number of rotatable bonds is 4. The Bertz CT molecular complexity index is 472. The monoisotopic (exact) mass is 267 g/mol. The molecule has 2 rings (SSSR count). The van der Waals surface area contributed by atoms with Crippen molar-refractivity contribution in [1.29, 1.82) is 0 Å². The van der Waals surface area contributed by atoms with Crippen molar-refractivity contribution >= 4 is 11.5 Å². The van der Waals surface area contributed by atoms with Crippen LogP contribution in [0.4, 0.5) is 11.5 Å². The van der Waals surface area contributed by atoms with Crippen molar-refractivity contribution in [3.63, 3.8) is 0 Å². The van der Waals surface area contributed by atoms with Gasteiger partial charge in [0, 0.05) is 38.2 Å². The molecule has 1 fully saturated rings. The van der Waals surface area contributed by atoms with Crippen LogP contribution in [0.1, 0.15) is 18.4 Å². The largest absolute Gasteiger partial charge is 0.388 e. The third kappa shape index (κ3) is 3.39. The predicted molar refractivity (Wildman–Crippen MR) is 69.1 cm³/mol. The highest BCUT2D eigenvalue weighted by molar-refractivity contribution is 5.46. The molecule has 0 aliphatic carbocycles. The second-order valence-electron chi connectivity index (χ2n) is 4.80.